The van der Waals surface area contributed by atoms with Crippen LogP contribution in [0.5, 0.6) is 0 Å². The summed E-state index contributed by atoms with van der Waals surface area (Å²) in [6, 6.07) is 18.1. The fourth-order valence-electron chi connectivity index (χ4n) is 3.57. The van der Waals surface area contributed by atoms with Crippen molar-refractivity contribution < 1.29 is 9.59 Å². The molecule has 168 valence electrons. The Balaban J connectivity index is 2.02. The molecule has 1 N–H and O–H groups in total. The highest BCUT2D eigenvalue weighted by Crippen LogP contribution is 2.16. The van der Waals surface area contributed by atoms with Crippen LogP contribution in [-0.4, -0.2) is 35.8 Å². The fraction of sp³-hybridized carbons (Fsp3) is 0.481. The third-order valence-corrected chi connectivity index (χ3v) is 5.75. The van der Waals surface area contributed by atoms with Gasteiger partial charge in [-0.3, -0.25) is 9.59 Å². The zero-order chi connectivity index (χ0) is 22.6. The van der Waals surface area contributed by atoms with Gasteiger partial charge in [-0.2, -0.15) is 0 Å². The van der Waals surface area contributed by atoms with Gasteiger partial charge in [0.2, 0.25) is 11.8 Å². The number of benzene rings is 2. The summed E-state index contributed by atoms with van der Waals surface area (Å²) in [5.41, 5.74) is 3.63. The molecule has 0 saturated heterocycles. The third-order valence-electron chi connectivity index (χ3n) is 5.75. The van der Waals surface area contributed by atoms with Crippen molar-refractivity contribution in [3.8, 4) is 0 Å². The van der Waals surface area contributed by atoms with E-state index in [4.69, 9.17) is 0 Å². The second-order valence-corrected chi connectivity index (χ2v) is 8.54. The summed E-state index contributed by atoms with van der Waals surface area (Å²) in [6.07, 6.45) is 3.80. The molecule has 2 rings (SSSR count). The van der Waals surface area contributed by atoms with E-state index in [2.05, 4.69) is 62.5 Å². The molecule has 0 fully saturated rings. The molecule has 2 aromatic carbocycles. The van der Waals surface area contributed by atoms with E-state index in [1.54, 1.807) is 4.90 Å². The number of unbranched alkanes of at least 4 members (excludes halogenated alkanes) is 1. The van der Waals surface area contributed by atoms with Crippen LogP contribution in [0, 0.1) is 0 Å². The lowest BCUT2D eigenvalue weighted by Gasteiger charge is -2.29. The number of carbonyl (C=O) groups excluding carboxylic acids is 2. The van der Waals surface area contributed by atoms with Gasteiger partial charge in [0.15, 0.2) is 0 Å². The van der Waals surface area contributed by atoms with Crippen molar-refractivity contribution in [2.45, 2.75) is 71.8 Å². The van der Waals surface area contributed by atoms with Gasteiger partial charge >= 0.3 is 0 Å². The van der Waals surface area contributed by atoms with Gasteiger partial charge in [0.05, 0.1) is 0 Å². The van der Waals surface area contributed by atoms with Crippen molar-refractivity contribution in [1.29, 1.82) is 0 Å². The molecule has 0 heterocycles. The predicted octanol–water partition coefficient (Wildman–Crippen LogP) is 5.12. The molecule has 0 bridgehead atoms. The summed E-state index contributed by atoms with van der Waals surface area (Å²) in [7, 11) is 0. The van der Waals surface area contributed by atoms with E-state index >= 15 is 0 Å². The van der Waals surface area contributed by atoms with E-state index in [9.17, 15) is 9.59 Å². The van der Waals surface area contributed by atoms with Gasteiger partial charge in [-0.25, -0.2) is 0 Å². The van der Waals surface area contributed by atoms with Gasteiger partial charge in [-0.05, 0) is 48.8 Å². The van der Waals surface area contributed by atoms with E-state index in [-0.39, 0.29) is 11.8 Å². The molecule has 2 aromatic rings. The average molecular weight is 423 g/mol. The van der Waals surface area contributed by atoms with Gasteiger partial charge in [0.1, 0.15) is 6.04 Å². The zero-order valence-corrected chi connectivity index (χ0v) is 19.6. The molecular weight excluding hydrogens is 384 g/mol. The van der Waals surface area contributed by atoms with Crippen molar-refractivity contribution in [2.75, 3.05) is 13.1 Å². The molecule has 0 radical (unpaired) electrons. The molecule has 0 unspecified atom stereocenters. The maximum atomic E-state index is 13.1. The molecule has 0 aliphatic heterocycles. The summed E-state index contributed by atoms with van der Waals surface area (Å²) in [4.78, 5) is 27.5. The van der Waals surface area contributed by atoms with E-state index in [0.29, 0.717) is 31.8 Å². The molecule has 31 heavy (non-hydrogen) atoms. The van der Waals surface area contributed by atoms with E-state index in [0.717, 1.165) is 24.8 Å². The highest BCUT2D eigenvalue weighted by molar-refractivity contribution is 5.87. The van der Waals surface area contributed by atoms with E-state index < -0.39 is 6.04 Å². The molecule has 0 aliphatic rings. The molecule has 4 heteroatoms. The van der Waals surface area contributed by atoms with Gasteiger partial charge in [0, 0.05) is 19.5 Å². The van der Waals surface area contributed by atoms with Crippen LogP contribution in [0.15, 0.2) is 54.6 Å². The average Bonchev–Trinajstić information content (AvgIpc) is 2.78. The first-order valence-electron chi connectivity index (χ1n) is 11.6. The Bertz CT molecular complexity index is 800. The van der Waals surface area contributed by atoms with Gasteiger partial charge in [0.25, 0.3) is 0 Å². The second-order valence-electron chi connectivity index (χ2n) is 8.54. The first-order chi connectivity index (χ1) is 14.9. The van der Waals surface area contributed by atoms with Crippen LogP contribution in [-0.2, 0) is 22.4 Å². The minimum atomic E-state index is -0.476. The quantitative estimate of drug-likeness (QED) is 0.483. The summed E-state index contributed by atoms with van der Waals surface area (Å²) in [5.74, 6) is 0.453. The van der Waals surface area contributed by atoms with Crippen LogP contribution < -0.4 is 5.32 Å². The highest BCUT2D eigenvalue weighted by atomic mass is 16.2. The van der Waals surface area contributed by atoms with Crippen molar-refractivity contribution in [1.82, 2.24) is 10.2 Å². The number of hydrogen-bond donors (Lipinski definition) is 1. The molecule has 0 aromatic heterocycles. The Hall–Kier alpha value is -2.62. The number of carbonyl (C=O) groups is 2. The van der Waals surface area contributed by atoms with Crippen LogP contribution in [0.25, 0.3) is 0 Å². The lowest BCUT2D eigenvalue weighted by atomic mass is 10.00. The largest absolute Gasteiger partial charge is 0.354 e. The van der Waals surface area contributed by atoms with Crippen molar-refractivity contribution >= 4 is 11.8 Å². The Morgan fingerprint density at radius 1 is 0.903 bits per heavy atom. The molecule has 0 spiro atoms. The molecule has 2 amide bonds. The van der Waals surface area contributed by atoms with E-state index in [1.807, 2.05) is 25.1 Å². The minimum Gasteiger partial charge on any atom is -0.354 e. The number of aryl methyl sites for hydroxylation is 1. The number of rotatable bonds is 12. The summed E-state index contributed by atoms with van der Waals surface area (Å²) in [5, 5.41) is 2.97. The first kappa shape index (κ1) is 24.6. The normalized spacial score (nSPS) is 11.9. The molecule has 0 saturated carbocycles. The molecule has 1 atom stereocenters. The maximum absolute atomic E-state index is 13.1. The molecule has 4 nitrogen and oxygen atoms in total. The van der Waals surface area contributed by atoms with Crippen LogP contribution in [0.4, 0.5) is 0 Å². The fourth-order valence-corrected chi connectivity index (χ4v) is 3.57. The lowest BCUT2D eigenvalue weighted by molar-refractivity contribution is -0.139. The predicted molar refractivity (Wildman–Crippen MR) is 128 cm³/mol. The molecular formula is C27H38N2O2. The standard InChI is InChI=1S/C27H38N2O2/c1-5-6-19-28-27(31)22(4)29(20-18-23-10-8-7-9-11-23)26(30)17-14-24-12-15-25(16-13-24)21(2)3/h7-13,15-16,21-22H,5-6,14,17-20H2,1-4H3,(H,28,31)/t22-/m0/s1. The lowest BCUT2D eigenvalue weighted by Crippen LogP contribution is -2.49. The Kier molecular flexibility index (Phi) is 10.3. The second kappa shape index (κ2) is 12.9. The summed E-state index contributed by atoms with van der Waals surface area (Å²) in [6.45, 7) is 9.48. The van der Waals surface area contributed by atoms with Crippen LogP contribution in [0.2, 0.25) is 0 Å². The Morgan fingerprint density at radius 3 is 2.16 bits per heavy atom. The SMILES string of the molecule is CCCCNC(=O)[C@H](C)N(CCc1ccccc1)C(=O)CCc1ccc(C(C)C)cc1. The van der Waals surface area contributed by atoms with Crippen molar-refractivity contribution in [3.05, 3.63) is 71.3 Å². The Morgan fingerprint density at radius 2 is 1.55 bits per heavy atom. The smallest absolute Gasteiger partial charge is 0.242 e. The summed E-state index contributed by atoms with van der Waals surface area (Å²) < 4.78 is 0. The number of hydrogen-bond acceptors (Lipinski definition) is 2. The van der Waals surface area contributed by atoms with Crippen molar-refractivity contribution in [3.63, 3.8) is 0 Å². The summed E-state index contributed by atoms with van der Waals surface area (Å²) >= 11 is 0. The number of nitrogens with zero attached hydrogens (tertiary/aromatic N) is 1. The van der Waals surface area contributed by atoms with E-state index in [1.165, 1.54) is 11.1 Å². The Labute approximate surface area is 188 Å². The minimum absolute atomic E-state index is 0.0296. The van der Waals surface area contributed by atoms with Crippen LogP contribution in [0.3, 0.4) is 0 Å². The van der Waals surface area contributed by atoms with Crippen molar-refractivity contribution in [2.24, 2.45) is 0 Å². The highest BCUT2D eigenvalue weighted by Gasteiger charge is 2.25. The van der Waals surface area contributed by atoms with Crippen LogP contribution >= 0.6 is 0 Å². The zero-order valence-electron chi connectivity index (χ0n) is 19.6. The topological polar surface area (TPSA) is 49.4 Å². The number of nitrogens with one attached hydrogen (secondary N) is 1. The van der Waals surface area contributed by atoms with Crippen LogP contribution in [0.1, 0.15) is 69.6 Å². The van der Waals surface area contributed by atoms with Gasteiger partial charge < -0.3 is 10.2 Å². The van der Waals surface area contributed by atoms with Gasteiger partial charge in [-0.15, -0.1) is 0 Å². The van der Waals surface area contributed by atoms with Gasteiger partial charge in [-0.1, -0.05) is 81.8 Å². The third kappa shape index (κ3) is 8.20. The number of amides is 2. The maximum Gasteiger partial charge on any atom is 0.242 e. The first-order valence-corrected chi connectivity index (χ1v) is 11.6. The monoisotopic (exact) mass is 422 g/mol. The molecule has 0 aliphatic carbocycles.